The van der Waals surface area contributed by atoms with E-state index in [2.05, 4.69) is 20.5 Å². The lowest BCUT2D eigenvalue weighted by atomic mass is 10.2. The van der Waals surface area contributed by atoms with Crippen LogP contribution in [-0.4, -0.2) is 49.0 Å². The van der Waals surface area contributed by atoms with Crippen molar-refractivity contribution in [3.8, 4) is 11.6 Å². The third kappa shape index (κ3) is 3.04. The van der Waals surface area contributed by atoms with E-state index in [9.17, 15) is 13.6 Å². The summed E-state index contributed by atoms with van der Waals surface area (Å²) in [7, 11) is 0. The van der Waals surface area contributed by atoms with E-state index in [1.54, 1.807) is 10.9 Å². The minimum atomic E-state index is -0.735. The second kappa shape index (κ2) is 6.47. The first-order valence-electron chi connectivity index (χ1n) is 9.08. The van der Waals surface area contributed by atoms with E-state index in [0.29, 0.717) is 42.8 Å². The van der Waals surface area contributed by atoms with Crippen molar-refractivity contribution in [1.82, 2.24) is 30.0 Å². The van der Waals surface area contributed by atoms with E-state index in [0.717, 1.165) is 31.0 Å². The van der Waals surface area contributed by atoms with Gasteiger partial charge in [-0.3, -0.25) is 4.79 Å². The van der Waals surface area contributed by atoms with Crippen molar-refractivity contribution in [3.63, 3.8) is 0 Å². The highest BCUT2D eigenvalue weighted by molar-refractivity contribution is 5.94. The molecule has 0 radical (unpaired) electrons. The van der Waals surface area contributed by atoms with Crippen LogP contribution in [0.2, 0.25) is 0 Å². The molecule has 5 rings (SSSR count). The number of hydrogen-bond donors (Lipinski definition) is 0. The molecule has 0 bridgehead atoms. The van der Waals surface area contributed by atoms with Crippen LogP contribution >= 0.6 is 0 Å². The number of rotatable bonds is 4. The lowest BCUT2D eigenvalue weighted by molar-refractivity contribution is 0.0781. The van der Waals surface area contributed by atoms with Gasteiger partial charge in [0.25, 0.3) is 11.8 Å². The Morgan fingerprint density at radius 1 is 1.21 bits per heavy atom. The van der Waals surface area contributed by atoms with Crippen LogP contribution in [0.4, 0.5) is 8.78 Å². The normalized spacial score (nSPS) is 19.4. The summed E-state index contributed by atoms with van der Waals surface area (Å²) in [6.45, 7) is 0.746. The highest BCUT2D eigenvalue weighted by Crippen LogP contribution is 2.38. The number of carbonyl (C=O) groups excluding carboxylic acids is 1. The van der Waals surface area contributed by atoms with Crippen LogP contribution in [0.25, 0.3) is 11.6 Å². The first kappa shape index (κ1) is 17.0. The maximum absolute atomic E-state index is 13.9. The molecule has 1 amide bonds. The van der Waals surface area contributed by atoms with Gasteiger partial charge in [0.1, 0.15) is 11.6 Å². The molecule has 1 aliphatic carbocycles. The minimum absolute atomic E-state index is 0.118. The molecule has 2 aromatic heterocycles. The van der Waals surface area contributed by atoms with E-state index >= 15 is 0 Å². The fraction of sp³-hybridized carbons (Fsp3) is 0.389. The molecular formula is C18H16F2N6O2. The highest BCUT2D eigenvalue weighted by atomic mass is 19.1. The fourth-order valence-electron chi connectivity index (χ4n) is 3.37. The van der Waals surface area contributed by atoms with Crippen LogP contribution < -0.4 is 0 Å². The molecule has 2 aliphatic rings. The van der Waals surface area contributed by atoms with Gasteiger partial charge in [-0.25, -0.2) is 13.5 Å². The Hall–Kier alpha value is -3.17. The molecule has 1 aliphatic heterocycles. The summed E-state index contributed by atoms with van der Waals surface area (Å²) in [6, 6.07) is 2.75. The molecule has 0 unspecified atom stereocenters. The van der Waals surface area contributed by atoms with Gasteiger partial charge in [-0.1, -0.05) is 10.4 Å². The Labute approximate surface area is 158 Å². The first-order chi connectivity index (χ1) is 13.6. The molecule has 2 fully saturated rings. The van der Waals surface area contributed by atoms with Crippen LogP contribution in [-0.2, 0) is 0 Å². The number of nitrogens with zero attached hydrogens (tertiary/aromatic N) is 6. The van der Waals surface area contributed by atoms with E-state index in [1.807, 2.05) is 0 Å². The summed E-state index contributed by atoms with van der Waals surface area (Å²) < 4.78 is 34.2. The van der Waals surface area contributed by atoms with Crippen molar-refractivity contribution in [3.05, 3.63) is 47.4 Å². The molecule has 3 heterocycles. The Morgan fingerprint density at radius 3 is 2.89 bits per heavy atom. The molecular weight excluding hydrogens is 370 g/mol. The largest absolute Gasteiger partial charge is 0.336 e. The molecule has 1 saturated carbocycles. The highest BCUT2D eigenvalue weighted by Gasteiger charge is 2.32. The van der Waals surface area contributed by atoms with Crippen LogP contribution in [0, 0.1) is 11.6 Å². The number of likely N-dealkylation sites (tertiary alicyclic amines) is 1. The summed E-state index contributed by atoms with van der Waals surface area (Å²) in [5.74, 6) is -0.525. The standard InChI is InChI=1S/C18H16F2N6O2/c19-11-3-4-14(20)13(7-11)18(27)25-6-5-12(8-25)26-9-15(22-24-26)17-21-16(23-28-17)10-1-2-10/h3-4,7,9-10,12H,1-2,5-6,8H2/t12-/m1/s1. The van der Waals surface area contributed by atoms with Crippen LogP contribution in [0.5, 0.6) is 0 Å². The third-order valence-corrected chi connectivity index (χ3v) is 5.10. The van der Waals surface area contributed by atoms with Gasteiger partial charge >= 0.3 is 0 Å². The molecule has 0 spiro atoms. The summed E-state index contributed by atoms with van der Waals surface area (Å²) in [5.41, 5.74) is 0.207. The number of aromatic nitrogens is 5. The number of amides is 1. The summed E-state index contributed by atoms with van der Waals surface area (Å²) in [5, 5.41) is 12.2. The molecule has 0 N–H and O–H groups in total. The molecule has 1 aromatic carbocycles. The molecule has 1 saturated heterocycles. The summed E-state index contributed by atoms with van der Waals surface area (Å²) in [4.78, 5) is 18.4. The monoisotopic (exact) mass is 386 g/mol. The second-order valence-electron chi connectivity index (χ2n) is 7.13. The predicted molar refractivity (Wildman–Crippen MR) is 91.2 cm³/mol. The van der Waals surface area contributed by atoms with Crippen molar-refractivity contribution >= 4 is 5.91 Å². The van der Waals surface area contributed by atoms with Crippen LogP contribution in [0.3, 0.4) is 0 Å². The van der Waals surface area contributed by atoms with E-state index < -0.39 is 17.5 Å². The van der Waals surface area contributed by atoms with E-state index in [1.165, 1.54) is 4.90 Å². The molecule has 3 aromatic rings. The second-order valence-corrected chi connectivity index (χ2v) is 7.13. The van der Waals surface area contributed by atoms with Gasteiger partial charge in [0.05, 0.1) is 17.8 Å². The SMILES string of the molecule is O=C(c1cc(F)ccc1F)N1CC[C@@H](n2cc(-c3nc(C4CC4)no3)nn2)C1. The number of benzene rings is 1. The Kier molecular flexibility index (Phi) is 3.92. The van der Waals surface area contributed by atoms with Gasteiger partial charge in [-0.2, -0.15) is 4.98 Å². The van der Waals surface area contributed by atoms with Crippen molar-refractivity contribution < 1.29 is 18.1 Å². The summed E-state index contributed by atoms with van der Waals surface area (Å²) >= 11 is 0. The molecule has 144 valence electrons. The fourth-order valence-corrected chi connectivity index (χ4v) is 3.37. The van der Waals surface area contributed by atoms with E-state index in [-0.39, 0.29) is 11.6 Å². The molecule has 8 nitrogen and oxygen atoms in total. The van der Waals surface area contributed by atoms with Crippen molar-refractivity contribution in [2.24, 2.45) is 0 Å². The van der Waals surface area contributed by atoms with Crippen molar-refractivity contribution in [2.45, 2.75) is 31.2 Å². The number of halogens is 2. The summed E-state index contributed by atoms with van der Waals surface area (Å²) in [6.07, 6.45) is 4.47. The van der Waals surface area contributed by atoms with Crippen molar-refractivity contribution in [1.29, 1.82) is 0 Å². The van der Waals surface area contributed by atoms with Crippen LogP contribution in [0.1, 0.15) is 47.4 Å². The first-order valence-corrected chi connectivity index (χ1v) is 9.08. The Bertz CT molecular complexity index is 1040. The van der Waals surface area contributed by atoms with Gasteiger partial charge < -0.3 is 9.42 Å². The molecule has 28 heavy (non-hydrogen) atoms. The van der Waals surface area contributed by atoms with Gasteiger partial charge in [-0.15, -0.1) is 5.10 Å². The van der Waals surface area contributed by atoms with Gasteiger partial charge in [0.15, 0.2) is 11.5 Å². The minimum Gasteiger partial charge on any atom is -0.336 e. The maximum atomic E-state index is 13.9. The van der Waals surface area contributed by atoms with Gasteiger partial charge in [0.2, 0.25) is 0 Å². The Balaban J connectivity index is 1.30. The van der Waals surface area contributed by atoms with E-state index in [4.69, 9.17) is 4.52 Å². The predicted octanol–water partition coefficient (Wildman–Crippen LogP) is 2.57. The Morgan fingerprint density at radius 2 is 2.07 bits per heavy atom. The zero-order chi connectivity index (χ0) is 19.3. The number of carbonyl (C=O) groups is 1. The zero-order valence-electron chi connectivity index (χ0n) is 14.8. The molecule has 1 atom stereocenters. The average Bonchev–Trinajstić information content (AvgIpc) is 3.12. The van der Waals surface area contributed by atoms with Crippen LogP contribution in [0.15, 0.2) is 28.9 Å². The average molecular weight is 386 g/mol. The van der Waals surface area contributed by atoms with Gasteiger partial charge in [0, 0.05) is 19.0 Å². The van der Waals surface area contributed by atoms with Crippen molar-refractivity contribution in [2.75, 3.05) is 13.1 Å². The topological polar surface area (TPSA) is 89.9 Å². The molecule has 10 heteroatoms. The smallest absolute Gasteiger partial charge is 0.280 e. The lowest BCUT2D eigenvalue weighted by Gasteiger charge is -2.17. The zero-order valence-corrected chi connectivity index (χ0v) is 14.8. The maximum Gasteiger partial charge on any atom is 0.280 e. The lowest BCUT2D eigenvalue weighted by Crippen LogP contribution is -2.30. The number of hydrogen-bond acceptors (Lipinski definition) is 6. The third-order valence-electron chi connectivity index (χ3n) is 5.10. The quantitative estimate of drug-likeness (QED) is 0.685. The van der Waals surface area contributed by atoms with Gasteiger partial charge in [-0.05, 0) is 37.5 Å².